The lowest BCUT2D eigenvalue weighted by molar-refractivity contribution is 0.0981. The summed E-state index contributed by atoms with van der Waals surface area (Å²) in [5.74, 6) is -0.00863. The molecule has 0 spiro atoms. The molecule has 0 radical (unpaired) electrons. The van der Waals surface area contributed by atoms with Crippen LogP contribution in [-0.4, -0.2) is 31.2 Å². The van der Waals surface area contributed by atoms with E-state index in [0.29, 0.717) is 12.0 Å². The molecule has 0 aromatic carbocycles. The quantitative estimate of drug-likeness (QED) is 0.706. The third kappa shape index (κ3) is 4.69. The van der Waals surface area contributed by atoms with Crippen molar-refractivity contribution in [1.29, 1.82) is 0 Å². The molecule has 0 bridgehead atoms. The Bertz CT molecular complexity index is 425. The molecule has 0 amide bonds. The maximum atomic E-state index is 11.5. The van der Waals surface area contributed by atoms with Crippen molar-refractivity contribution in [3.05, 3.63) is 30.1 Å². The lowest BCUT2D eigenvalue weighted by Crippen LogP contribution is -2.06. The van der Waals surface area contributed by atoms with Crippen LogP contribution < -0.4 is 0 Å². The van der Waals surface area contributed by atoms with Crippen molar-refractivity contribution in [2.45, 2.75) is 12.8 Å². The van der Waals surface area contributed by atoms with Crippen molar-refractivity contribution in [1.82, 2.24) is 4.98 Å². The summed E-state index contributed by atoms with van der Waals surface area (Å²) in [6.45, 7) is 0. The Hall–Kier alpha value is -1.23. The van der Waals surface area contributed by atoms with Gasteiger partial charge in [0.1, 0.15) is 9.84 Å². The Balaban J connectivity index is 2.45. The number of Topliss-reactive ketones (excluding diaryl/α,β-unsaturated/α-hetero) is 1. The third-order valence-corrected chi connectivity index (χ3v) is 2.93. The standard InChI is InChI=1S/C10H13NO3S/c1-15(13,14)7-3-5-10(12)9-4-2-6-11-8-9/h2,4,6,8H,3,5,7H2,1H3. The average Bonchev–Trinajstić information content (AvgIpc) is 2.17. The molecule has 0 aliphatic carbocycles. The zero-order valence-corrected chi connectivity index (χ0v) is 9.33. The van der Waals surface area contributed by atoms with Crippen LogP contribution in [0, 0.1) is 0 Å². The Kier molecular flexibility index (Phi) is 3.96. The third-order valence-electron chi connectivity index (χ3n) is 1.90. The van der Waals surface area contributed by atoms with E-state index in [-0.39, 0.29) is 18.0 Å². The van der Waals surface area contributed by atoms with Crippen molar-refractivity contribution < 1.29 is 13.2 Å². The molecule has 0 N–H and O–H groups in total. The van der Waals surface area contributed by atoms with Crippen molar-refractivity contribution in [3.8, 4) is 0 Å². The summed E-state index contributed by atoms with van der Waals surface area (Å²) in [5, 5.41) is 0. The van der Waals surface area contributed by atoms with Crippen LogP contribution in [0.1, 0.15) is 23.2 Å². The Morgan fingerprint density at radius 1 is 1.47 bits per heavy atom. The van der Waals surface area contributed by atoms with Gasteiger partial charge < -0.3 is 0 Å². The number of carbonyl (C=O) groups excluding carboxylic acids is 1. The Morgan fingerprint density at radius 2 is 2.20 bits per heavy atom. The minimum absolute atomic E-state index is 0.0546. The van der Waals surface area contributed by atoms with Crippen molar-refractivity contribution in [2.75, 3.05) is 12.0 Å². The Labute approximate surface area is 89.3 Å². The first-order chi connectivity index (χ1) is 6.99. The van der Waals surface area contributed by atoms with Crippen LogP contribution in [0.2, 0.25) is 0 Å². The number of hydrogen-bond acceptors (Lipinski definition) is 4. The summed E-state index contributed by atoms with van der Waals surface area (Å²) in [7, 11) is -2.97. The molecular weight excluding hydrogens is 214 g/mol. The van der Waals surface area contributed by atoms with Crippen LogP contribution in [0.25, 0.3) is 0 Å². The van der Waals surface area contributed by atoms with Gasteiger partial charge in [-0.3, -0.25) is 9.78 Å². The minimum Gasteiger partial charge on any atom is -0.294 e. The molecule has 1 aromatic rings. The van der Waals surface area contributed by atoms with Crippen LogP contribution >= 0.6 is 0 Å². The first-order valence-corrected chi connectivity index (χ1v) is 6.66. The van der Waals surface area contributed by atoms with Crippen LogP contribution in [0.3, 0.4) is 0 Å². The van der Waals surface area contributed by atoms with E-state index in [0.717, 1.165) is 0 Å². The van der Waals surface area contributed by atoms with Gasteiger partial charge in [0, 0.05) is 30.6 Å². The highest BCUT2D eigenvalue weighted by Crippen LogP contribution is 2.04. The topological polar surface area (TPSA) is 64.1 Å². The van der Waals surface area contributed by atoms with E-state index >= 15 is 0 Å². The number of rotatable bonds is 5. The summed E-state index contributed by atoms with van der Waals surface area (Å²) in [5.41, 5.74) is 0.533. The smallest absolute Gasteiger partial charge is 0.164 e. The maximum absolute atomic E-state index is 11.5. The van der Waals surface area contributed by atoms with Gasteiger partial charge in [-0.05, 0) is 18.6 Å². The summed E-state index contributed by atoms with van der Waals surface area (Å²) in [4.78, 5) is 15.3. The van der Waals surface area contributed by atoms with E-state index in [4.69, 9.17) is 0 Å². The highest BCUT2D eigenvalue weighted by Gasteiger charge is 2.07. The van der Waals surface area contributed by atoms with E-state index in [1.165, 1.54) is 12.5 Å². The number of nitrogens with zero attached hydrogens (tertiary/aromatic N) is 1. The van der Waals surface area contributed by atoms with Gasteiger partial charge in [0.25, 0.3) is 0 Å². The van der Waals surface area contributed by atoms with Crippen LogP contribution in [0.5, 0.6) is 0 Å². The number of carbonyl (C=O) groups is 1. The number of aromatic nitrogens is 1. The highest BCUT2D eigenvalue weighted by molar-refractivity contribution is 7.90. The molecule has 0 atom stereocenters. The zero-order chi connectivity index (χ0) is 11.3. The molecular formula is C10H13NO3S. The predicted octanol–water partition coefficient (Wildman–Crippen LogP) is 1.09. The molecule has 0 aliphatic heterocycles. The van der Waals surface area contributed by atoms with Crippen molar-refractivity contribution in [2.24, 2.45) is 0 Å². The van der Waals surface area contributed by atoms with E-state index in [9.17, 15) is 13.2 Å². The van der Waals surface area contributed by atoms with Gasteiger partial charge in [-0.2, -0.15) is 0 Å². The predicted molar refractivity (Wildman–Crippen MR) is 57.5 cm³/mol. The normalized spacial score (nSPS) is 11.3. The van der Waals surface area contributed by atoms with E-state index in [1.807, 2.05) is 0 Å². The number of pyridine rings is 1. The Morgan fingerprint density at radius 3 is 2.73 bits per heavy atom. The number of sulfone groups is 1. The molecule has 0 aliphatic rings. The molecule has 15 heavy (non-hydrogen) atoms. The number of hydrogen-bond donors (Lipinski definition) is 0. The summed E-state index contributed by atoms with van der Waals surface area (Å²) >= 11 is 0. The van der Waals surface area contributed by atoms with E-state index < -0.39 is 9.84 Å². The van der Waals surface area contributed by atoms with Crippen LogP contribution in [-0.2, 0) is 9.84 Å². The summed E-state index contributed by atoms with van der Waals surface area (Å²) in [6.07, 6.45) is 4.86. The van der Waals surface area contributed by atoms with Gasteiger partial charge in [0.15, 0.2) is 5.78 Å². The molecule has 0 saturated heterocycles. The van der Waals surface area contributed by atoms with Crippen molar-refractivity contribution in [3.63, 3.8) is 0 Å². The summed E-state index contributed by atoms with van der Waals surface area (Å²) in [6, 6.07) is 3.36. The second-order valence-corrected chi connectivity index (χ2v) is 5.66. The molecule has 1 heterocycles. The SMILES string of the molecule is CS(=O)(=O)CCCC(=O)c1cccnc1. The fourth-order valence-corrected chi connectivity index (χ4v) is 1.84. The molecule has 1 aromatic heterocycles. The van der Waals surface area contributed by atoms with E-state index in [2.05, 4.69) is 4.98 Å². The second kappa shape index (κ2) is 5.02. The van der Waals surface area contributed by atoms with Gasteiger partial charge in [0.05, 0.1) is 5.75 Å². The highest BCUT2D eigenvalue weighted by atomic mass is 32.2. The molecule has 0 unspecified atom stereocenters. The molecule has 5 heteroatoms. The minimum atomic E-state index is -2.97. The molecule has 4 nitrogen and oxygen atoms in total. The maximum Gasteiger partial charge on any atom is 0.164 e. The average molecular weight is 227 g/mol. The van der Waals surface area contributed by atoms with Gasteiger partial charge in [-0.1, -0.05) is 0 Å². The molecule has 1 rings (SSSR count). The lowest BCUT2D eigenvalue weighted by atomic mass is 10.1. The fraction of sp³-hybridized carbons (Fsp3) is 0.400. The second-order valence-electron chi connectivity index (χ2n) is 3.40. The van der Waals surface area contributed by atoms with Gasteiger partial charge in [-0.15, -0.1) is 0 Å². The largest absolute Gasteiger partial charge is 0.294 e. The fourth-order valence-electron chi connectivity index (χ4n) is 1.17. The first-order valence-electron chi connectivity index (χ1n) is 4.60. The van der Waals surface area contributed by atoms with E-state index in [1.54, 1.807) is 18.3 Å². The van der Waals surface area contributed by atoms with Gasteiger partial charge in [0.2, 0.25) is 0 Å². The van der Waals surface area contributed by atoms with Gasteiger partial charge >= 0.3 is 0 Å². The summed E-state index contributed by atoms with van der Waals surface area (Å²) < 4.78 is 21.7. The monoisotopic (exact) mass is 227 g/mol. The van der Waals surface area contributed by atoms with Gasteiger partial charge in [-0.25, -0.2) is 8.42 Å². The molecule has 0 fully saturated rings. The van der Waals surface area contributed by atoms with Crippen molar-refractivity contribution >= 4 is 15.6 Å². The molecule has 82 valence electrons. The first kappa shape index (κ1) is 11.8. The zero-order valence-electron chi connectivity index (χ0n) is 8.51. The van der Waals surface area contributed by atoms with Crippen LogP contribution in [0.4, 0.5) is 0 Å². The molecule has 0 saturated carbocycles. The van der Waals surface area contributed by atoms with Crippen LogP contribution in [0.15, 0.2) is 24.5 Å². The lowest BCUT2D eigenvalue weighted by Gasteiger charge is -1.99. The number of ketones is 1.